The van der Waals surface area contributed by atoms with Gasteiger partial charge in [0.25, 0.3) is 0 Å². The average molecular weight is 456 g/mol. The minimum atomic E-state index is -0.173. The number of fused-ring (bicyclic) bond motifs is 1. The third kappa shape index (κ3) is 5.13. The third-order valence-electron chi connectivity index (χ3n) is 4.98. The van der Waals surface area contributed by atoms with Gasteiger partial charge in [0.1, 0.15) is 5.75 Å². The Morgan fingerprint density at radius 1 is 1.16 bits per heavy atom. The van der Waals surface area contributed by atoms with Crippen LogP contribution in [0.4, 0.5) is 0 Å². The molecule has 2 N–H and O–H groups in total. The van der Waals surface area contributed by atoms with Crippen molar-refractivity contribution in [3.8, 4) is 22.9 Å². The van der Waals surface area contributed by atoms with Gasteiger partial charge in [-0.1, -0.05) is 31.7 Å². The Labute approximate surface area is 190 Å². The van der Waals surface area contributed by atoms with E-state index in [1.165, 1.54) is 16.4 Å². The second-order valence-corrected chi connectivity index (χ2v) is 8.67. The summed E-state index contributed by atoms with van der Waals surface area (Å²) in [5.41, 5.74) is 1.67. The van der Waals surface area contributed by atoms with Crippen LogP contribution in [0.3, 0.4) is 0 Å². The zero-order chi connectivity index (χ0) is 22.5. The summed E-state index contributed by atoms with van der Waals surface area (Å²) in [4.78, 5) is 12.8. The fraction of sp³-hybridized carbons (Fsp3) is 0.364. The van der Waals surface area contributed by atoms with Crippen molar-refractivity contribution < 1.29 is 19.4 Å². The number of phenols is 1. The van der Waals surface area contributed by atoms with Crippen LogP contribution in [-0.2, 0) is 4.79 Å². The number of ether oxygens (including phenoxy) is 2. The molecule has 0 spiro atoms. The lowest BCUT2D eigenvalue weighted by Gasteiger charge is -2.23. The fourth-order valence-electron chi connectivity index (χ4n) is 3.38. The second-order valence-electron chi connectivity index (χ2n) is 7.72. The van der Waals surface area contributed by atoms with Gasteiger partial charge in [0, 0.05) is 6.42 Å². The molecule has 2 aromatic carbocycles. The Hall–Kier alpha value is -3.27. The summed E-state index contributed by atoms with van der Waals surface area (Å²) in [6, 6.07) is 12.2. The van der Waals surface area contributed by atoms with Crippen molar-refractivity contribution in [3.63, 3.8) is 0 Å². The van der Waals surface area contributed by atoms with Crippen molar-refractivity contribution in [2.75, 3.05) is 19.0 Å². The molecule has 1 atom stereocenters. The average Bonchev–Trinajstić information content (AvgIpc) is 3.13. The van der Waals surface area contributed by atoms with Gasteiger partial charge in [-0.15, -0.1) is 5.10 Å². The molecule has 1 aliphatic rings. The van der Waals surface area contributed by atoms with Gasteiger partial charge in [-0.2, -0.15) is 4.68 Å². The molecule has 3 aromatic rings. The van der Waals surface area contributed by atoms with Crippen LogP contribution in [0.1, 0.15) is 31.9 Å². The monoisotopic (exact) mass is 455 g/mol. The van der Waals surface area contributed by atoms with Crippen LogP contribution in [0.15, 0.2) is 47.6 Å². The Balaban J connectivity index is 1.42. The van der Waals surface area contributed by atoms with E-state index < -0.39 is 0 Å². The van der Waals surface area contributed by atoms with Crippen molar-refractivity contribution in [3.05, 3.63) is 48.0 Å². The highest BCUT2D eigenvalue weighted by Gasteiger charge is 2.22. The van der Waals surface area contributed by atoms with E-state index in [0.717, 1.165) is 17.7 Å². The maximum Gasteiger partial charge on any atom is 0.230 e. The fourth-order valence-corrected chi connectivity index (χ4v) is 4.08. The Bertz CT molecular complexity index is 1070. The molecule has 1 amide bonds. The molecule has 4 rings (SSSR count). The first-order valence-electron chi connectivity index (χ1n) is 10.4. The van der Waals surface area contributed by atoms with E-state index in [0.29, 0.717) is 29.8 Å². The number of nitrogens with one attached hydrogen (secondary N) is 1. The van der Waals surface area contributed by atoms with Crippen LogP contribution in [0.25, 0.3) is 5.69 Å². The maximum absolute atomic E-state index is 12.8. The van der Waals surface area contributed by atoms with Gasteiger partial charge in [0.05, 0.1) is 30.7 Å². The molecule has 0 saturated heterocycles. The van der Waals surface area contributed by atoms with Crippen molar-refractivity contribution >= 4 is 17.7 Å². The summed E-state index contributed by atoms with van der Waals surface area (Å²) in [5.74, 6) is 1.81. The molecule has 1 aliphatic heterocycles. The Kier molecular flexibility index (Phi) is 6.79. The molecule has 9 nitrogen and oxygen atoms in total. The van der Waals surface area contributed by atoms with Gasteiger partial charge in [-0.25, -0.2) is 0 Å². The normalized spacial score (nSPS) is 14.1. The molecule has 10 heteroatoms. The molecule has 0 fully saturated rings. The van der Waals surface area contributed by atoms with E-state index in [9.17, 15) is 9.90 Å². The maximum atomic E-state index is 12.8. The van der Waals surface area contributed by atoms with Crippen LogP contribution in [0, 0.1) is 5.92 Å². The van der Waals surface area contributed by atoms with Crippen LogP contribution < -0.4 is 14.8 Å². The summed E-state index contributed by atoms with van der Waals surface area (Å²) in [6.45, 7) is 5.37. The molecule has 32 heavy (non-hydrogen) atoms. The Morgan fingerprint density at radius 2 is 1.91 bits per heavy atom. The Morgan fingerprint density at radius 3 is 2.66 bits per heavy atom. The molecule has 0 aliphatic carbocycles. The van der Waals surface area contributed by atoms with E-state index in [-0.39, 0.29) is 29.4 Å². The number of hydrogen-bond donors (Lipinski definition) is 2. The van der Waals surface area contributed by atoms with Crippen molar-refractivity contribution in [2.24, 2.45) is 5.92 Å². The minimum Gasteiger partial charge on any atom is -0.508 e. The lowest BCUT2D eigenvalue weighted by atomic mass is 9.95. The van der Waals surface area contributed by atoms with Crippen molar-refractivity contribution in [2.45, 2.75) is 31.5 Å². The second kappa shape index (κ2) is 9.90. The lowest BCUT2D eigenvalue weighted by molar-refractivity contribution is -0.119. The molecular formula is C22H25N5O4S. The summed E-state index contributed by atoms with van der Waals surface area (Å²) in [6.07, 6.45) is 0.842. The van der Waals surface area contributed by atoms with E-state index in [2.05, 4.69) is 34.7 Å². The van der Waals surface area contributed by atoms with Crippen LogP contribution in [0.2, 0.25) is 0 Å². The van der Waals surface area contributed by atoms with Crippen LogP contribution in [0.5, 0.6) is 17.2 Å². The summed E-state index contributed by atoms with van der Waals surface area (Å²) in [5, 5.41) is 24.8. The molecule has 0 unspecified atom stereocenters. The number of benzene rings is 2. The van der Waals surface area contributed by atoms with E-state index in [1.807, 2.05) is 18.2 Å². The first-order valence-corrected chi connectivity index (χ1v) is 11.4. The number of carbonyl (C=O) groups excluding carboxylic acids is 1. The largest absolute Gasteiger partial charge is 0.508 e. The van der Waals surface area contributed by atoms with Crippen molar-refractivity contribution in [1.82, 2.24) is 25.5 Å². The third-order valence-corrected chi connectivity index (χ3v) is 5.90. The van der Waals surface area contributed by atoms with Crippen LogP contribution in [-0.4, -0.2) is 50.2 Å². The first kappa shape index (κ1) is 21.9. The van der Waals surface area contributed by atoms with Crippen LogP contribution >= 0.6 is 11.8 Å². The van der Waals surface area contributed by atoms with Gasteiger partial charge in [0.15, 0.2) is 11.5 Å². The summed E-state index contributed by atoms with van der Waals surface area (Å²) >= 11 is 1.24. The number of aromatic nitrogens is 4. The number of aromatic hydroxyl groups is 1. The molecule has 168 valence electrons. The predicted molar refractivity (Wildman–Crippen MR) is 119 cm³/mol. The molecule has 0 radical (unpaired) electrons. The van der Waals surface area contributed by atoms with Gasteiger partial charge in [-0.05, 0) is 58.3 Å². The smallest absolute Gasteiger partial charge is 0.230 e. The van der Waals surface area contributed by atoms with E-state index >= 15 is 0 Å². The zero-order valence-electron chi connectivity index (χ0n) is 17.9. The molecule has 2 heterocycles. The topological polar surface area (TPSA) is 111 Å². The standard InChI is InChI=1S/C22H25N5O4S/c1-14(2)21(15-4-9-18-19(12-15)31-11-3-10-30-18)23-20(29)13-32-22-24-25-26-27(22)16-5-7-17(28)8-6-16/h4-9,12,14,21,28H,3,10-11,13H2,1-2H3,(H,23,29)/t21-/m0/s1. The van der Waals surface area contributed by atoms with Gasteiger partial charge in [-0.3, -0.25) is 4.79 Å². The number of carbonyl (C=O) groups is 1. The lowest BCUT2D eigenvalue weighted by Crippen LogP contribution is -2.33. The summed E-state index contributed by atoms with van der Waals surface area (Å²) in [7, 11) is 0. The van der Waals surface area contributed by atoms with Gasteiger partial charge < -0.3 is 19.9 Å². The number of tetrazole rings is 1. The van der Waals surface area contributed by atoms with Crippen molar-refractivity contribution in [1.29, 1.82) is 0 Å². The SMILES string of the molecule is CC(C)[C@H](NC(=O)CSc1nnnn1-c1ccc(O)cc1)c1ccc2c(c1)OCCCO2. The number of rotatable bonds is 7. The highest BCUT2D eigenvalue weighted by atomic mass is 32.2. The van der Waals surface area contributed by atoms with Gasteiger partial charge >= 0.3 is 0 Å². The molecule has 0 saturated carbocycles. The highest BCUT2D eigenvalue weighted by Crippen LogP contribution is 2.34. The van der Waals surface area contributed by atoms with E-state index in [4.69, 9.17) is 9.47 Å². The molecular weight excluding hydrogens is 430 g/mol. The molecule has 1 aromatic heterocycles. The zero-order valence-corrected chi connectivity index (χ0v) is 18.7. The number of nitrogens with zero attached hydrogens (tertiary/aromatic N) is 4. The summed E-state index contributed by atoms with van der Waals surface area (Å²) < 4.78 is 13.0. The predicted octanol–water partition coefficient (Wildman–Crippen LogP) is 3.13. The number of phenolic OH excluding ortho intramolecular Hbond substituents is 1. The molecule has 0 bridgehead atoms. The quantitative estimate of drug-likeness (QED) is 0.523. The minimum absolute atomic E-state index is 0.124. The van der Waals surface area contributed by atoms with E-state index in [1.54, 1.807) is 24.3 Å². The number of amides is 1. The number of hydrogen-bond acceptors (Lipinski definition) is 8. The number of thioether (sulfide) groups is 1. The first-order chi connectivity index (χ1) is 15.5. The van der Waals surface area contributed by atoms with Gasteiger partial charge in [0.2, 0.25) is 11.1 Å². The highest BCUT2D eigenvalue weighted by molar-refractivity contribution is 7.99.